The number of benzene rings is 2. The quantitative estimate of drug-likeness (QED) is 0.283. The van der Waals surface area contributed by atoms with Gasteiger partial charge in [0.25, 0.3) is 0 Å². The van der Waals surface area contributed by atoms with Crippen LogP contribution in [-0.2, 0) is 4.79 Å². The van der Waals surface area contributed by atoms with Gasteiger partial charge >= 0.3 is 5.97 Å². The highest BCUT2D eigenvalue weighted by atomic mass is 16.5. The summed E-state index contributed by atoms with van der Waals surface area (Å²) >= 11 is 0. The molecule has 1 aliphatic carbocycles. The molecule has 0 atom stereocenters. The Bertz CT molecular complexity index is 877. The second kappa shape index (κ2) is 9.92. The minimum Gasteiger partial charge on any atom is -0.497 e. The van der Waals surface area contributed by atoms with E-state index in [-0.39, 0.29) is 17.7 Å². The first-order valence-corrected chi connectivity index (χ1v) is 9.87. The fourth-order valence-electron chi connectivity index (χ4n) is 3.44. The van der Waals surface area contributed by atoms with Crippen molar-refractivity contribution in [2.75, 3.05) is 14.2 Å². The first-order valence-electron chi connectivity index (χ1n) is 9.87. The average Bonchev–Trinajstić information content (AvgIpc) is 2.78. The fraction of sp³-hybridized carbons (Fsp3) is 0.333. The lowest BCUT2D eigenvalue weighted by atomic mass is 9.89. The van der Waals surface area contributed by atoms with Crippen molar-refractivity contribution in [1.82, 2.24) is 0 Å². The summed E-state index contributed by atoms with van der Waals surface area (Å²) in [7, 11) is 3.16. The molecule has 3 rings (SSSR count). The Morgan fingerprint density at radius 1 is 0.897 bits per heavy atom. The van der Waals surface area contributed by atoms with E-state index in [0.29, 0.717) is 22.8 Å². The van der Waals surface area contributed by atoms with Crippen molar-refractivity contribution in [3.8, 4) is 17.2 Å². The van der Waals surface area contributed by atoms with E-state index in [1.807, 2.05) is 12.1 Å². The summed E-state index contributed by atoms with van der Waals surface area (Å²) in [5.41, 5.74) is 1.30. The summed E-state index contributed by atoms with van der Waals surface area (Å²) in [6.45, 7) is 0. The Morgan fingerprint density at radius 2 is 1.59 bits per heavy atom. The van der Waals surface area contributed by atoms with Crippen molar-refractivity contribution in [3.05, 3.63) is 59.7 Å². The standard InChI is InChI=1S/C24H26O5/c1-27-21-14-10-18(23(16-21)28-2)11-15-22(25)17-8-12-20(13-9-17)29-24(26)19-6-4-3-5-7-19/h8-16,19H,3-7H2,1-2H3. The van der Waals surface area contributed by atoms with Gasteiger partial charge in [-0.3, -0.25) is 9.59 Å². The number of hydrogen-bond acceptors (Lipinski definition) is 5. The van der Waals surface area contributed by atoms with Gasteiger partial charge in [0.05, 0.1) is 20.1 Å². The van der Waals surface area contributed by atoms with Gasteiger partial charge in [0.1, 0.15) is 17.2 Å². The van der Waals surface area contributed by atoms with Gasteiger partial charge in [-0.25, -0.2) is 0 Å². The molecular weight excluding hydrogens is 368 g/mol. The molecule has 5 heteroatoms. The van der Waals surface area contributed by atoms with E-state index in [1.165, 1.54) is 12.5 Å². The molecule has 1 saturated carbocycles. The highest BCUT2D eigenvalue weighted by molar-refractivity contribution is 6.07. The number of methoxy groups -OCH3 is 2. The Hall–Kier alpha value is -3.08. The van der Waals surface area contributed by atoms with Gasteiger partial charge in [0, 0.05) is 17.2 Å². The van der Waals surface area contributed by atoms with Crippen LogP contribution < -0.4 is 14.2 Å². The van der Waals surface area contributed by atoms with Gasteiger partial charge in [-0.15, -0.1) is 0 Å². The number of carbonyl (C=O) groups excluding carboxylic acids is 2. The Labute approximate surface area is 171 Å². The molecule has 0 bridgehead atoms. The molecule has 152 valence electrons. The molecule has 1 fully saturated rings. The Morgan fingerprint density at radius 3 is 2.24 bits per heavy atom. The highest BCUT2D eigenvalue weighted by Gasteiger charge is 2.23. The van der Waals surface area contributed by atoms with Crippen molar-refractivity contribution in [2.24, 2.45) is 5.92 Å². The van der Waals surface area contributed by atoms with Crippen molar-refractivity contribution in [2.45, 2.75) is 32.1 Å². The number of carbonyl (C=O) groups is 2. The lowest BCUT2D eigenvalue weighted by Gasteiger charge is -2.19. The predicted octanol–water partition coefficient (Wildman–Crippen LogP) is 5.09. The lowest BCUT2D eigenvalue weighted by molar-refractivity contribution is -0.139. The van der Waals surface area contributed by atoms with Gasteiger partial charge < -0.3 is 14.2 Å². The summed E-state index contributed by atoms with van der Waals surface area (Å²) in [6, 6.07) is 12.1. The van der Waals surface area contributed by atoms with E-state index in [1.54, 1.807) is 50.6 Å². The third-order valence-corrected chi connectivity index (χ3v) is 5.15. The van der Waals surface area contributed by atoms with E-state index >= 15 is 0 Å². The molecule has 0 aromatic heterocycles. The molecule has 2 aromatic carbocycles. The van der Waals surface area contributed by atoms with Crippen LogP contribution in [0.2, 0.25) is 0 Å². The maximum atomic E-state index is 12.5. The number of esters is 1. The van der Waals surface area contributed by atoms with Crippen LogP contribution >= 0.6 is 0 Å². The number of ketones is 1. The van der Waals surface area contributed by atoms with Crippen molar-refractivity contribution < 1.29 is 23.8 Å². The van der Waals surface area contributed by atoms with Crippen LogP contribution in [0.4, 0.5) is 0 Å². The maximum absolute atomic E-state index is 12.5. The molecule has 1 aliphatic rings. The summed E-state index contributed by atoms with van der Waals surface area (Å²) < 4.78 is 16.0. The molecule has 0 saturated heterocycles. The van der Waals surface area contributed by atoms with Gasteiger partial charge in [0.15, 0.2) is 5.78 Å². The van der Waals surface area contributed by atoms with Gasteiger partial charge in [-0.2, -0.15) is 0 Å². The van der Waals surface area contributed by atoms with E-state index < -0.39 is 0 Å². The second-order valence-electron chi connectivity index (χ2n) is 7.09. The molecule has 0 N–H and O–H groups in total. The van der Waals surface area contributed by atoms with E-state index in [0.717, 1.165) is 31.2 Å². The van der Waals surface area contributed by atoms with Crippen LogP contribution in [0.3, 0.4) is 0 Å². The largest absolute Gasteiger partial charge is 0.497 e. The molecule has 5 nitrogen and oxygen atoms in total. The SMILES string of the molecule is COc1ccc(C=CC(=O)c2ccc(OC(=O)C3CCCCC3)cc2)c(OC)c1. The zero-order valence-electron chi connectivity index (χ0n) is 16.9. The third kappa shape index (κ3) is 5.47. The topological polar surface area (TPSA) is 61.8 Å². The monoisotopic (exact) mass is 394 g/mol. The molecular formula is C24H26O5. The zero-order chi connectivity index (χ0) is 20.6. The summed E-state index contributed by atoms with van der Waals surface area (Å²) in [5.74, 6) is 1.45. The number of hydrogen-bond donors (Lipinski definition) is 0. The van der Waals surface area contributed by atoms with Crippen LogP contribution in [0, 0.1) is 5.92 Å². The third-order valence-electron chi connectivity index (χ3n) is 5.15. The number of rotatable bonds is 7. The molecule has 29 heavy (non-hydrogen) atoms. The number of allylic oxidation sites excluding steroid dienone is 1. The lowest BCUT2D eigenvalue weighted by Crippen LogP contribution is -2.22. The van der Waals surface area contributed by atoms with Gasteiger partial charge in [0.2, 0.25) is 0 Å². The predicted molar refractivity (Wildman–Crippen MR) is 112 cm³/mol. The smallest absolute Gasteiger partial charge is 0.314 e. The minimum absolute atomic E-state index is 0.00697. The van der Waals surface area contributed by atoms with Crippen LogP contribution in [0.1, 0.15) is 48.0 Å². The van der Waals surface area contributed by atoms with Gasteiger partial charge in [-0.05, 0) is 61.4 Å². The minimum atomic E-state index is -0.171. The number of ether oxygens (including phenoxy) is 3. The average molecular weight is 394 g/mol. The summed E-state index contributed by atoms with van der Waals surface area (Å²) in [6.07, 6.45) is 8.35. The normalized spacial score (nSPS) is 14.6. The summed E-state index contributed by atoms with van der Waals surface area (Å²) in [4.78, 5) is 24.7. The highest BCUT2D eigenvalue weighted by Crippen LogP contribution is 2.27. The first kappa shape index (κ1) is 20.6. The van der Waals surface area contributed by atoms with Gasteiger partial charge in [-0.1, -0.05) is 19.3 Å². The molecule has 0 aliphatic heterocycles. The van der Waals surface area contributed by atoms with E-state index in [2.05, 4.69) is 0 Å². The summed E-state index contributed by atoms with van der Waals surface area (Å²) in [5, 5.41) is 0. The fourth-order valence-corrected chi connectivity index (χ4v) is 3.44. The van der Waals surface area contributed by atoms with Crippen molar-refractivity contribution in [3.63, 3.8) is 0 Å². The first-order chi connectivity index (χ1) is 14.1. The molecule has 0 unspecified atom stereocenters. The molecule has 0 amide bonds. The van der Waals surface area contributed by atoms with Crippen LogP contribution in [0.5, 0.6) is 17.2 Å². The van der Waals surface area contributed by atoms with Crippen LogP contribution in [0.25, 0.3) is 6.08 Å². The zero-order valence-corrected chi connectivity index (χ0v) is 16.9. The molecule has 0 spiro atoms. The van der Waals surface area contributed by atoms with E-state index in [9.17, 15) is 9.59 Å². The van der Waals surface area contributed by atoms with Crippen molar-refractivity contribution in [1.29, 1.82) is 0 Å². The second-order valence-corrected chi connectivity index (χ2v) is 7.09. The Balaban J connectivity index is 1.63. The van der Waals surface area contributed by atoms with Crippen LogP contribution in [0.15, 0.2) is 48.5 Å². The molecule has 2 aromatic rings. The molecule has 0 heterocycles. The molecule has 0 radical (unpaired) electrons. The maximum Gasteiger partial charge on any atom is 0.314 e. The Kier molecular flexibility index (Phi) is 7.06. The van der Waals surface area contributed by atoms with Crippen molar-refractivity contribution >= 4 is 17.8 Å². The van der Waals surface area contributed by atoms with E-state index in [4.69, 9.17) is 14.2 Å². The van der Waals surface area contributed by atoms with Crippen LogP contribution in [-0.4, -0.2) is 26.0 Å².